The summed E-state index contributed by atoms with van der Waals surface area (Å²) >= 11 is 0. The van der Waals surface area contributed by atoms with E-state index in [2.05, 4.69) is 15.6 Å². The molecule has 26 heavy (non-hydrogen) atoms. The average molecular weight is 347 g/mol. The lowest BCUT2D eigenvalue weighted by Crippen LogP contribution is -2.12. The van der Waals surface area contributed by atoms with E-state index in [4.69, 9.17) is 0 Å². The lowest BCUT2D eigenvalue weighted by atomic mass is 9.95. The first-order valence-corrected chi connectivity index (χ1v) is 8.92. The van der Waals surface area contributed by atoms with E-state index in [1.807, 2.05) is 18.2 Å². The van der Waals surface area contributed by atoms with Crippen molar-refractivity contribution in [1.82, 2.24) is 4.98 Å². The Kier molecular flexibility index (Phi) is 4.21. The van der Waals surface area contributed by atoms with Gasteiger partial charge in [-0.1, -0.05) is 6.07 Å². The molecule has 3 N–H and O–H groups in total. The number of amides is 2. The van der Waals surface area contributed by atoms with Crippen molar-refractivity contribution in [3.63, 3.8) is 0 Å². The van der Waals surface area contributed by atoms with Gasteiger partial charge in [0.15, 0.2) is 0 Å². The summed E-state index contributed by atoms with van der Waals surface area (Å²) in [5, 5.41) is 6.78. The normalized spacial score (nSPS) is 13.3. The van der Waals surface area contributed by atoms with Gasteiger partial charge in [0.05, 0.1) is 0 Å². The number of hydrogen-bond donors (Lipinski definition) is 3. The maximum absolute atomic E-state index is 12.7. The van der Waals surface area contributed by atoms with Gasteiger partial charge in [0, 0.05) is 40.5 Å². The molecule has 2 aromatic carbocycles. The third-order valence-electron chi connectivity index (χ3n) is 4.80. The van der Waals surface area contributed by atoms with Crippen molar-refractivity contribution in [2.24, 2.45) is 0 Å². The predicted octanol–water partition coefficient (Wildman–Crippen LogP) is 4.26. The first-order chi connectivity index (χ1) is 12.6. The minimum atomic E-state index is -0.155. The molecule has 0 atom stereocenters. The molecule has 1 aliphatic carbocycles. The van der Waals surface area contributed by atoms with Crippen LogP contribution in [0.3, 0.4) is 0 Å². The molecular formula is C21H21N3O2. The number of carbonyl (C=O) groups is 2. The minimum Gasteiger partial charge on any atom is -0.358 e. The second kappa shape index (κ2) is 6.67. The Labute approximate surface area is 151 Å². The molecule has 4 rings (SSSR count). The molecular weight excluding hydrogens is 326 g/mol. The third kappa shape index (κ3) is 3.20. The van der Waals surface area contributed by atoms with Crippen molar-refractivity contribution in [3.05, 3.63) is 59.3 Å². The highest BCUT2D eigenvalue weighted by molar-refractivity contribution is 6.07. The fourth-order valence-corrected chi connectivity index (χ4v) is 3.63. The lowest BCUT2D eigenvalue weighted by molar-refractivity contribution is -0.114. The lowest BCUT2D eigenvalue weighted by Gasteiger charge is -2.11. The van der Waals surface area contributed by atoms with Gasteiger partial charge in [0.2, 0.25) is 5.91 Å². The van der Waals surface area contributed by atoms with E-state index >= 15 is 0 Å². The fraction of sp³-hybridized carbons (Fsp3) is 0.238. The second-order valence-electron chi connectivity index (χ2n) is 6.77. The zero-order valence-electron chi connectivity index (χ0n) is 14.7. The van der Waals surface area contributed by atoms with Crippen LogP contribution < -0.4 is 10.6 Å². The van der Waals surface area contributed by atoms with E-state index in [1.165, 1.54) is 31.0 Å². The summed E-state index contributed by atoms with van der Waals surface area (Å²) in [6.45, 7) is 1.46. The molecule has 0 aliphatic heterocycles. The molecule has 0 unspecified atom stereocenters. The number of benzene rings is 2. The Morgan fingerprint density at radius 1 is 0.962 bits per heavy atom. The second-order valence-corrected chi connectivity index (χ2v) is 6.77. The molecule has 0 spiro atoms. The van der Waals surface area contributed by atoms with Crippen molar-refractivity contribution in [3.8, 4) is 0 Å². The van der Waals surface area contributed by atoms with E-state index in [0.29, 0.717) is 16.9 Å². The van der Waals surface area contributed by atoms with E-state index in [-0.39, 0.29) is 11.8 Å². The summed E-state index contributed by atoms with van der Waals surface area (Å²) in [5.41, 5.74) is 5.71. The van der Waals surface area contributed by atoms with Gasteiger partial charge in [-0.15, -0.1) is 0 Å². The number of anilines is 2. The van der Waals surface area contributed by atoms with Gasteiger partial charge in [-0.25, -0.2) is 0 Å². The molecule has 2 amide bonds. The highest BCUT2D eigenvalue weighted by Crippen LogP contribution is 2.30. The number of H-pyrrole nitrogens is 1. The van der Waals surface area contributed by atoms with E-state index in [1.54, 1.807) is 24.3 Å². The van der Waals surface area contributed by atoms with E-state index in [9.17, 15) is 9.59 Å². The monoisotopic (exact) mass is 347 g/mol. The molecule has 5 nitrogen and oxygen atoms in total. The van der Waals surface area contributed by atoms with Gasteiger partial charge in [-0.2, -0.15) is 0 Å². The van der Waals surface area contributed by atoms with Gasteiger partial charge in [0.1, 0.15) is 0 Å². The van der Waals surface area contributed by atoms with Crippen LogP contribution in [0.1, 0.15) is 41.4 Å². The number of aryl methyl sites for hydroxylation is 2. The van der Waals surface area contributed by atoms with Crippen LogP contribution in [0.25, 0.3) is 10.9 Å². The maximum atomic E-state index is 12.7. The van der Waals surface area contributed by atoms with Gasteiger partial charge in [-0.3, -0.25) is 9.59 Å². The zero-order chi connectivity index (χ0) is 18.1. The summed E-state index contributed by atoms with van der Waals surface area (Å²) in [4.78, 5) is 27.3. The van der Waals surface area contributed by atoms with Crippen LogP contribution in [0, 0.1) is 0 Å². The van der Waals surface area contributed by atoms with Crippen LogP contribution in [0.15, 0.2) is 42.5 Å². The number of aromatic amines is 1. The van der Waals surface area contributed by atoms with Crippen LogP contribution in [-0.4, -0.2) is 16.8 Å². The number of fused-ring (bicyclic) bond motifs is 3. The van der Waals surface area contributed by atoms with Gasteiger partial charge < -0.3 is 15.6 Å². The number of hydrogen-bond acceptors (Lipinski definition) is 2. The SMILES string of the molecule is CC(=O)Nc1cccc(NC(=O)c2ccc3[nH]c4c(c3c2)CCCC4)c1. The standard InChI is InChI=1S/C21H21N3O2/c1-13(25)22-15-5-4-6-16(12-15)23-21(26)14-9-10-20-18(11-14)17-7-2-3-8-19(17)24-20/h4-6,9-12,24H,2-3,7-8H2,1H3,(H,22,25)(H,23,26). The van der Waals surface area contributed by atoms with Crippen LogP contribution in [0.2, 0.25) is 0 Å². The van der Waals surface area contributed by atoms with Crippen molar-refractivity contribution in [1.29, 1.82) is 0 Å². The largest absolute Gasteiger partial charge is 0.358 e. The average Bonchev–Trinajstić information content (AvgIpc) is 2.99. The number of aromatic nitrogens is 1. The maximum Gasteiger partial charge on any atom is 0.255 e. The number of carbonyl (C=O) groups excluding carboxylic acids is 2. The van der Waals surface area contributed by atoms with Crippen molar-refractivity contribution in [2.75, 3.05) is 10.6 Å². The van der Waals surface area contributed by atoms with Gasteiger partial charge in [-0.05, 0) is 67.6 Å². The predicted molar refractivity (Wildman–Crippen MR) is 104 cm³/mol. The number of nitrogens with one attached hydrogen (secondary N) is 3. The Morgan fingerprint density at radius 2 is 1.73 bits per heavy atom. The van der Waals surface area contributed by atoms with Crippen molar-refractivity contribution in [2.45, 2.75) is 32.6 Å². The summed E-state index contributed by atoms with van der Waals surface area (Å²) in [5.74, 6) is -0.297. The first-order valence-electron chi connectivity index (χ1n) is 8.92. The van der Waals surface area contributed by atoms with Gasteiger partial charge >= 0.3 is 0 Å². The van der Waals surface area contributed by atoms with E-state index < -0.39 is 0 Å². The molecule has 1 aromatic heterocycles. The van der Waals surface area contributed by atoms with Crippen LogP contribution >= 0.6 is 0 Å². The highest BCUT2D eigenvalue weighted by Gasteiger charge is 2.17. The Hall–Kier alpha value is -3.08. The molecule has 0 bridgehead atoms. The molecule has 132 valence electrons. The molecule has 0 saturated heterocycles. The summed E-state index contributed by atoms with van der Waals surface area (Å²) in [6, 6.07) is 12.9. The van der Waals surface area contributed by atoms with Crippen molar-refractivity contribution >= 4 is 34.1 Å². The molecule has 0 saturated carbocycles. The smallest absolute Gasteiger partial charge is 0.255 e. The topological polar surface area (TPSA) is 74.0 Å². The summed E-state index contributed by atoms with van der Waals surface area (Å²) in [7, 11) is 0. The van der Waals surface area contributed by atoms with E-state index in [0.717, 1.165) is 23.7 Å². The molecule has 1 aliphatic rings. The fourth-order valence-electron chi connectivity index (χ4n) is 3.63. The quantitative estimate of drug-likeness (QED) is 0.662. The van der Waals surface area contributed by atoms with Crippen LogP contribution in [0.4, 0.5) is 11.4 Å². The molecule has 1 heterocycles. The van der Waals surface area contributed by atoms with Crippen molar-refractivity contribution < 1.29 is 9.59 Å². The van der Waals surface area contributed by atoms with Gasteiger partial charge in [0.25, 0.3) is 5.91 Å². The molecule has 0 radical (unpaired) electrons. The zero-order valence-corrected chi connectivity index (χ0v) is 14.7. The third-order valence-corrected chi connectivity index (χ3v) is 4.80. The summed E-state index contributed by atoms with van der Waals surface area (Å²) < 4.78 is 0. The molecule has 5 heteroatoms. The molecule has 0 fully saturated rings. The molecule has 3 aromatic rings. The van der Waals surface area contributed by atoms with Crippen LogP contribution in [0.5, 0.6) is 0 Å². The Bertz CT molecular complexity index is 1000. The Balaban J connectivity index is 1.59. The van der Waals surface area contributed by atoms with Crippen LogP contribution in [-0.2, 0) is 17.6 Å². The Morgan fingerprint density at radius 3 is 2.54 bits per heavy atom. The number of rotatable bonds is 3. The highest BCUT2D eigenvalue weighted by atomic mass is 16.2. The summed E-state index contributed by atoms with van der Waals surface area (Å²) in [6.07, 6.45) is 4.57. The first kappa shape index (κ1) is 16.4. The minimum absolute atomic E-state index is 0.142.